The Morgan fingerprint density at radius 1 is 1.44 bits per heavy atom. The Balaban J connectivity index is 2.49. The van der Waals surface area contributed by atoms with Crippen LogP contribution >= 0.6 is 0 Å². The summed E-state index contributed by atoms with van der Waals surface area (Å²) in [5.74, 6) is -2.72. The van der Waals surface area contributed by atoms with Crippen molar-refractivity contribution in [1.82, 2.24) is 14.8 Å². The number of nitrogens with zero attached hydrogens (tertiary/aromatic N) is 3. The zero-order chi connectivity index (χ0) is 13.3. The number of carbonyl (C=O) groups is 1. The number of nitrogens with two attached hydrogens (primary N) is 1. The number of nitrogen functional groups attached to an aromatic ring is 1. The van der Waals surface area contributed by atoms with Crippen LogP contribution in [0.3, 0.4) is 0 Å². The third kappa shape index (κ3) is 1.99. The van der Waals surface area contributed by atoms with Crippen molar-refractivity contribution in [2.24, 2.45) is 0 Å². The molecule has 0 fully saturated rings. The number of benzene rings is 1. The van der Waals surface area contributed by atoms with Gasteiger partial charge in [-0.2, -0.15) is 0 Å². The molecule has 0 aliphatic carbocycles. The molecule has 2 N–H and O–H groups in total. The quantitative estimate of drug-likeness (QED) is 0.636. The van der Waals surface area contributed by atoms with Crippen LogP contribution in [-0.2, 0) is 4.74 Å². The number of rotatable bonds is 2. The zero-order valence-corrected chi connectivity index (χ0v) is 9.22. The van der Waals surface area contributed by atoms with Crippen LogP contribution < -0.4 is 5.73 Å². The highest BCUT2D eigenvalue weighted by Gasteiger charge is 2.15. The first-order valence-corrected chi connectivity index (χ1v) is 4.78. The summed E-state index contributed by atoms with van der Waals surface area (Å²) in [5.41, 5.74) is 5.11. The zero-order valence-electron chi connectivity index (χ0n) is 9.22. The fourth-order valence-electron chi connectivity index (χ4n) is 1.32. The molecule has 0 aliphatic heterocycles. The Morgan fingerprint density at radius 2 is 2.17 bits per heavy atom. The average Bonchev–Trinajstić information content (AvgIpc) is 2.82. The van der Waals surface area contributed by atoms with Gasteiger partial charge >= 0.3 is 5.97 Å². The summed E-state index contributed by atoms with van der Waals surface area (Å²) >= 11 is 0. The summed E-state index contributed by atoms with van der Waals surface area (Å²) in [5, 5.41) is 3.71. The van der Waals surface area contributed by atoms with Gasteiger partial charge in [-0.3, -0.25) is 0 Å². The smallest absolute Gasteiger partial charge is 0.377 e. The van der Waals surface area contributed by atoms with Crippen molar-refractivity contribution in [2.45, 2.75) is 0 Å². The van der Waals surface area contributed by atoms with Gasteiger partial charge in [-0.05, 0) is 0 Å². The molecule has 0 aliphatic rings. The maximum atomic E-state index is 13.2. The second-order valence-corrected chi connectivity index (χ2v) is 3.32. The molecule has 6 nitrogen and oxygen atoms in total. The minimum Gasteiger partial charge on any atom is -0.463 e. The van der Waals surface area contributed by atoms with Gasteiger partial charge in [0, 0.05) is 12.1 Å². The van der Waals surface area contributed by atoms with Gasteiger partial charge in [-0.25, -0.2) is 23.2 Å². The van der Waals surface area contributed by atoms with E-state index in [9.17, 15) is 13.6 Å². The van der Waals surface area contributed by atoms with Crippen molar-refractivity contribution in [3.63, 3.8) is 0 Å². The van der Waals surface area contributed by atoms with Gasteiger partial charge in [0.25, 0.3) is 5.82 Å². The molecular weight excluding hydrogens is 246 g/mol. The van der Waals surface area contributed by atoms with E-state index in [2.05, 4.69) is 14.8 Å². The lowest BCUT2D eigenvalue weighted by Crippen LogP contribution is -2.07. The monoisotopic (exact) mass is 254 g/mol. The highest BCUT2D eigenvalue weighted by molar-refractivity contribution is 5.84. The van der Waals surface area contributed by atoms with Gasteiger partial charge < -0.3 is 10.5 Å². The molecule has 0 amide bonds. The normalized spacial score (nSPS) is 10.4. The maximum absolute atomic E-state index is 13.2. The highest BCUT2D eigenvalue weighted by Crippen LogP contribution is 2.21. The van der Waals surface area contributed by atoms with Crippen LogP contribution in [0.5, 0.6) is 0 Å². The standard InChI is InChI=1S/C10H8F2N4O2/c1-18-10(17)9-14-4-16(15-9)7-3-5(11)2-6(12)8(7)13/h2-4H,13H2,1H3. The van der Waals surface area contributed by atoms with Crippen molar-refractivity contribution < 1.29 is 18.3 Å². The van der Waals surface area contributed by atoms with Crippen LogP contribution in [0.2, 0.25) is 0 Å². The SMILES string of the molecule is COC(=O)c1ncn(-c2cc(F)cc(F)c2N)n1. The molecule has 0 bridgehead atoms. The number of carbonyl (C=O) groups excluding carboxylic acids is 1. The van der Waals surface area contributed by atoms with Crippen molar-refractivity contribution in [3.8, 4) is 5.69 Å². The number of methoxy groups -OCH3 is 1. The van der Waals surface area contributed by atoms with Gasteiger partial charge in [0.1, 0.15) is 12.1 Å². The minimum absolute atomic E-state index is 0.0462. The van der Waals surface area contributed by atoms with Gasteiger partial charge in [-0.15, -0.1) is 5.10 Å². The predicted octanol–water partition coefficient (Wildman–Crippen LogP) is 0.914. The van der Waals surface area contributed by atoms with Crippen molar-refractivity contribution in [3.05, 3.63) is 35.9 Å². The summed E-state index contributed by atoms with van der Waals surface area (Å²) in [6.45, 7) is 0. The fraction of sp³-hybridized carbons (Fsp3) is 0.100. The molecule has 0 saturated heterocycles. The Kier molecular flexibility index (Phi) is 2.92. The van der Waals surface area contributed by atoms with Gasteiger partial charge in [0.15, 0.2) is 5.82 Å². The first-order chi connectivity index (χ1) is 8.52. The third-order valence-corrected chi connectivity index (χ3v) is 2.18. The summed E-state index contributed by atoms with van der Waals surface area (Å²) in [4.78, 5) is 14.8. The summed E-state index contributed by atoms with van der Waals surface area (Å²) < 4.78 is 31.7. The second-order valence-electron chi connectivity index (χ2n) is 3.32. The molecule has 2 aromatic rings. The topological polar surface area (TPSA) is 83.0 Å². The molecule has 0 spiro atoms. The largest absolute Gasteiger partial charge is 0.463 e. The lowest BCUT2D eigenvalue weighted by Gasteiger charge is -2.05. The van der Waals surface area contributed by atoms with Crippen LogP contribution in [0.25, 0.3) is 5.69 Å². The average molecular weight is 254 g/mol. The van der Waals surface area contributed by atoms with E-state index >= 15 is 0 Å². The van der Waals surface area contributed by atoms with Crippen LogP contribution in [0, 0.1) is 11.6 Å². The van der Waals surface area contributed by atoms with Crippen LogP contribution in [0.15, 0.2) is 18.5 Å². The molecule has 0 unspecified atom stereocenters. The maximum Gasteiger partial charge on any atom is 0.377 e. The van der Waals surface area contributed by atoms with Gasteiger partial charge in [-0.1, -0.05) is 0 Å². The van der Waals surface area contributed by atoms with E-state index in [-0.39, 0.29) is 17.2 Å². The first-order valence-electron chi connectivity index (χ1n) is 4.78. The Hall–Kier alpha value is -2.51. The number of ether oxygens (including phenoxy) is 1. The number of anilines is 1. The highest BCUT2D eigenvalue weighted by atomic mass is 19.1. The number of esters is 1. The van der Waals surface area contributed by atoms with E-state index in [0.29, 0.717) is 6.07 Å². The number of hydrogen-bond donors (Lipinski definition) is 1. The molecular formula is C10H8F2N4O2. The van der Waals surface area contributed by atoms with Gasteiger partial charge in [0.05, 0.1) is 18.5 Å². The number of hydrogen-bond acceptors (Lipinski definition) is 5. The number of halogens is 2. The molecule has 1 heterocycles. The lowest BCUT2D eigenvalue weighted by atomic mass is 10.2. The van der Waals surface area contributed by atoms with E-state index in [1.54, 1.807) is 0 Å². The van der Waals surface area contributed by atoms with Crippen molar-refractivity contribution >= 4 is 11.7 Å². The lowest BCUT2D eigenvalue weighted by molar-refractivity contribution is 0.0587. The van der Waals surface area contributed by atoms with Crippen LogP contribution in [0.1, 0.15) is 10.6 Å². The van der Waals surface area contributed by atoms with E-state index in [1.165, 1.54) is 7.11 Å². The molecule has 2 rings (SSSR count). The molecule has 0 saturated carbocycles. The number of aromatic nitrogens is 3. The van der Waals surface area contributed by atoms with Gasteiger partial charge in [0.2, 0.25) is 0 Å². The molecule has 94 valence electrons. The summed E-state index contributed by atoms with van der Waals surface area (Å²) in [6, 6.07) is 1.63. The Morgan fingerprint density at radius 3 is 2.83 bits per heavy atom. The molecule has 0 radical (unpaired) electrons. The minimum atomic E-state index is -0.917. The van der Waals surface area contributed by atoms with E-state index in [1.807, 2.05) is 0 Å². The van der Waals surface area contributed by atoms with Crippen molar-refractivity contribution in [1.29, 1.82) is 0 Å². The first kappa shape index (κ1) is 12.0. The fourth-order valence-corrected chi connectivity index (χ4v) is 1.32. The molecule has 0 atom stereocenters. The third-order valence-electron chi connectivity index (χ3n) is 2.18. The molecule has 1 aromatic carbocycles. The Bertz CT molecular complexity index is 612. The Labute approximate surface area is 100.0 Å². The molecule has 1 aromatic heterocycles. The van der Waals surface area contributed by atoms with Crippen molar-refractivity contribution in [2.75, 3.05) is 12.8 Å². The van der Waals surface area contributed by atoms with E-state index in [0.717, 1.165) is 17.1 Å². The van der Waals surface area contributed by atoms with E-state index < -0.39 is 17.6 Å². The van der Waals surface area contributed by atoms with Crippen LogP contribution in [0.4, 0.5) is 14.5 Å². The molecule has 18 heavy (non-hydrogen) atoms. The van der Waals surface area contributed by atoms with Crippen LogP contribution in [-0.4, -0.2) is 27.8 Å². The summed E-state index contributed by atoms with van der Waals surface area (Å²) in [7, 11) is 1.17. The molecule has 8 heteroatoms. The predicted molar refractivity (Wildman–Crippen MR) is 57.0 cm³/mol. The van der Waals surface area contributed by atoms with E-state index in [4.69, 9.17) is 5.73 Å². The second kappa shape index (κ2) is 4.40. The summed E-state index contributed by atoms with van der Waals surface area (Å²) in [6.07, 6.45) is 1.11.